The maximum atomic E-state index is 5.52. The Morgan fingerprint density at radius 1 is 1.40 bits per heavy atom. The van der Waals surface area contributed by atoms with Gasteiger partial charge in [0, 0.05) is 6.20 Å². The lowest BCUT2D eigenvalue weighted by atomic mass is 9.92. The van der Waals surface area contributed by atoms with E-state index in [0.29, 0.717) is 12.0 Å². The second kappa shape index (κ2) is 7.63. The van der Waals surface area contributed by atoms with Gasteiger partial charge in [-0.3, -0.25) is 4.98 Å². The predicted octanol–water partition coefficient (Wildman–Crippen LogP) is 3.96. The van der Waals surface area contributed by atoms with Crippen molar-refractivity contribution in [2.45, 2.75) is 52.0 Å². The van der Waals surface area contributed by atoms with E-state index in [4.69, 9.17) is 4.74 Å². The van der Waals surface area contributed by atoms with Crippen LogP contribution in [0, 0.1) is 11.8 Å². The molecule has 0 amide bonds. The third-order valence-corrected chi connectivity index (χ3v) is 4.56. The lowest BCUT2D eigenvalue weighted by Crippen LogP contribution is -2.29. The Balaban J connectivity index is 2.18. The molecule has 1 aromatic heterocycles. The van der Waals surface area contributed by atoms with Crippen molar-refractivity contribution in [3.8, 4) is 5.75 Å². The van der Waals surface area contributed by atoms with Crippen molar-refractivity contribution in [2.24, 2.45) is 11.8 Å². The largest absolute Gasteiger partial charge is 0.495 e. The third kappa shape index (κ3) is 3.51. The van der Waals surface area contributed by atoms with Crippen LogP contribution < -0.4 is 10.1 Å². The van der Waals surface area contributed by atoms with Gasteiger partial charge in [-0.25, -0.2) is 0 Å². The van der Waals surface area contributed by atoms with E-state index in [9.17, 15) is 0 Å². The number of pyridine rings is 1. The maximum absolute atomic E-state index is 5.52. The van der Waals surface area contributed by atoms with Gasteiger partial charge in [0.25, 0.3) is 0 Å². The number of ether oxygens (including phenoxy) is 1. The van der Waals surface area contributed by atoms with E-state index in [1.807, 2.05) is 18.3 Å². The molecule has 112 valence electrons. The second-order valence-corrected chi connectivity index (χ2v) is 5.87. The number of rotatable bonds is 7. The zero-order valence-electron chi connectivity index (χ0n) is 13.1. The maximum Gasteiger partial charge on any atom is 0.141 e. The Morgan fingerprint density at radius 2 is 2.25 bits per heavy atom. The van der Waals surface area contributed by atoms with E-state index in [-0.39, 0.29) is 0 Å². The van der Waals surface area contributed by atoms with Gasteiger partial charge in [0.05, 0.1) is 18.8 Å². The molecule has 0 spiro atoms. The van der Waals surface area contributed by atoms with Gasteiger partial charge in [-0.1, -0.05) is 26.7 Å². The van der Waals surface area contributed by atoms with E-state index < -0.39 is 0 Å². The first kappa shape index (κ1) is 15.3. The molecule has 3 atom stereocenters. The van der Waals surface area contributed by atoms with Crippen molar-refractivity contribution in [2.75, 3.05) is 13.7 Å². The monoisotopic (exact) mass is 276 g/mol. The van der Waals surface area contributed by atoms with Gasteiger partial charge in [-0.05, 0) is 49.8 Å². The summed E-state index contributed by atoms with van der Waals surface area (Å²) in [5.74, 6) is 2.50. The van der Waals surface area contributed by atoms with Gasteiger partial charge >= 0.3 is 0 Å². The molecule has 1 saturated carbocycles. The van der Waals surface area contributed by atoms with Gasteiger partial charge in [-0.2, -0.15) is 0 Å². The molecule has 1 aromatic rings. The van der Waals surface area contributed by atoms with Gasteiger partial charge in [-0.15, -0.1) is 0 Å². The van der Waals surface area contributed by atoms with E-state index in [1.54, 1.807) is 7.11 Å². The molecule has 0 radical (unpaired) electrons. The zero-order valence-corrected chi connectivity index (χ0v) is 13.1. The minimum atomic E-state index is 0.336. The molecule has 1 fully saturated rings. The lowest BCUT2D eigenvalue weighted by Gasteiger charge is -2.26. The number of nitrogens with zero attached hydrogens (tertiary/aromatic N) is 1. The van der Waals surface area contributed by atoms with Crippen molar-refractivity contribution < 1.29 is 4.74 Å². The minimum absolute atomic E-state index is 0.336. The lowest BCUT2D eigenvalue weighted by molar-refractivity contribution is 0.328. The highest BCUT2D eigenvalue weighted by atomic mass is 16.5. The first-order valence-corrected chi connectivity index (χ1v) is 8.02. The summed E-state index contributed by atoms with van der Waals surface area (Å²) in [5, 5.41) is 3.70. The number of nitrogens with one attached hydrogen (secondary N) is 1. The highest BCUT2D eigenvalue weighted by Gasteiger charge is 2.32. The molecule has 1 heterocycles. The van der Waals surface area contributed by atoms with Crippen LogP contribution in [0.4, 0.5) is 0 Å². The Labute approximate surface area is 123 Å². The Morgan fingerprint density at radius 3 is 2.90 bits per heavy atom. The first-order valence-electron chi connectivity index (χ1n) is 8.02. The van der Waals surface area contributed by atoms with Crippen LogP contribution in [0.5, 0.6) is 5.75 Å². The predicted molar refractivity (Wildman–Crippen MR) is 82.9 cm³/mol. The highest BCUT2D eigenvalue weighted by molar-refractivity contribution is 5.30. The first-order chi connectivity index (χ1) is 9.80. The van der Waals surface area contributed by atoms with Crippen molar-refractivity contribution in [1.29, 1.82) is 0 Å². The smallest absolute Gasteiger partial charge is 0.141 e. The summed E-state index contributed by atoms with van der Waals surface area (Å²) in [6, 6.07) is 4.31. The van der Waals surface area contributed by atoms with Gasteiger partial charge in [0.2, 0.25) is 0 Å². The van der Waals surface area contributed by atoms with Gasteiger partial charge < -0.3 is 10.1 Å². The van der Waals surface area contributed by atoms with Crippen LogP contribution in [-0.4, -0.2) is 18.6 Å². The Bertz CT molecular complexity index is 408. The van der Waals surface area contributed by atoms with E-state index in [2.05, 4.69) is 24.1 Å². The molecule has 0 aromatic carbocycles. The van der Waals surface area contributed by atoms with E-state index in [0.717, 1.165) is 30.3 Å². The molecular formula is C17H28N2O. The van der Waals surface area contributed by atoms with Crippen LogP contribution >= 0.6 is 0 Å². The fourth-order valence-electron chi connectivity index (χ4n) is 3.38. The van der Waals surface area contributed by atoms with Crippen LogP contribution in [0.1, 0.15) is 57.7 Å². The molecule has 3 unspecified atom stereocenters. The molecule has 0 bridgehead atoms. The normalized spacial score (nSPS) is 23.8. The van der Waals surface area contributed by atoms with Gasteiger partial charge in [0.1, 0.15) is 5.75 Å². The summed E-state index contributed by atoms with van der Waals surface area (Å²) in [6.45, 7) is 5.56. The van der Waals surface area contributed by atoms with Crippen molar-refractivity contribution in [1.82, 2.24) is 10.3 Å². The summed E-state index contributed by atoms with van der Waals surface area (Å²) >= 11 is 0. The van der Waals surface area contributed by atoms with Gasteiger partial charge in [0.15, 0.2) is 0 Å². The number of aromatic nitrogens is 1. The summed E-state index contributed by atoms with van der Waals surface area (Å²) in [4.78, 5) is 4.61. The second-order valence-electron chi connectivity index (χ2n) is 5.87. The summed E-state index contributed by atoms with van der Waals surface area (Å²) in [7, 11) is 1.74. The van der Waals surface area contributed by atoms with Crippen molar-refractivity contribution >= 4 is 0 Å². The highest BCUT2D eigenvalue weighted by Crippen LogP contribution is 2.41. The topological polar surface area (TPSA) is 34.2 Å². The van der Waals surface area contributed by atoms with Crippen molar-refractivity contribution in [3.63, 3.8) is 0 Å². The van der Waals surface area contributed by atoms with Crippen LogP contribution in [0.15, 0.2) is 18.3 Å². The van der Waals surface area contributed by atoms with Crippen molar-refractivity contribution in [3.05, 3.63) is 24.0 Å². The van der Waals surface area contributed by atoms with E-state index in [1.165, 1.54) is 25.7 Å². The number of hydrogen-bond acceptors (Lipinski definition) is 3. The molecule has 3 heteroatoms. The molecular weight excluding hydrogens is 248 g/mol. The number of hydrogen-bond donors (Lipinski definition) is 1. The molecule has 2 rings (SSSR count). The van der Waals surface area contributed by atoms with Crippen LogP contribution in [0.25, 0.3) is 0 Å². The van der Waals surface area contributed by atoms with Crippen LogP contribution in [-0.2, 0) is 0 Å². The quantitative estimate of drug-likeness (QED) is 0.818. The fraction of sp³-hybridized carbons (Fsp3) is 0.706. The molecule has 1 N–H and O–H groups in total. The van der Waals surface area contributed by atoms with Crippen LogP contribution in [0.2, 0.25) is 0 Å². The standard InChI is InChI=1S/C17H28N2O/c1-4-10-18-16(14-9-8-13(5-2)12-14)17-15(20-3)7-6-11-19-17/h6-7,11,13-14,16,18H,4-5,8-10,12H2,1-3H3. The SMILES string of the molecule is CCCNC(c1ncccc1OC)C1CCC(CC)C1. The Hall–Kier alpha value is -1.09. The minimum Gasteiger partial charge on any atom is -0.495 e. The van der Waals surface area contributed by atoms with E-state index >= 15 is 0 Å². The Kier molecular flexibility index (Phi) is 5.84. The summed E-state index contributed by atoms with van der Waals surface area (Å²) in [6.07, 6.45) is 8.31. The third-order valence-electron chi connectivity index (χ3n) is 4.56. The average molecular weight is 276 g/mol. The molecule has 1 aliphatic carbocycles. The summed E-state index contributed by atoms with van der Waals surface area (Å²) < 4.78 is 5.52. The molecule has 20 heavy (non-hydrogen) atoms. The van der Waals surface area contributed by atoms with Crippen LogP contribution in [0.3, 0.4) is 0 Å². The summed E-state index contributed by atoms with van der Waals surface area (Å²) in [5.41, 5.74) is 1.09. The molecule has 3 nitrogen and oxygen atoms in total. The fourth-order valence-corrected chi connectivity index (χ4v) is 3.38. The molecule has 0 aliphatic heterocycles. The average Bonchev–Trinajstić information content (AvgIpc) is 2.97. The molecule has 1 aliphatic rings. The zero-order chi connectivity index (χ0) is 14.4. The molecule has 0 saturated heterocycles. The number of methoxy groups -OCH3 is 1.